The number of piperidine rings is 1. The summed E-state index contributed by atoms with van der Waals surface area (Å²) in [4.78, 5) is 27.7. The molecule has 170 valence electrons. The third kappa shape index (κ3) is 4.89. The number of hydrogen-bond donors (Lipinski definition) is 1. The molecule has 1 aromatic carbocycles. The maximum Gasteiger partial charge on any atom is 0.416 e. The number of carbonyl (C=O) groups is 2. The first-order valence-corrected chi connectivity index (χ1v) is 11.1. The van der Waals surface area contributed by atoms with Crippen LogP contribution in [0.25, 0.3) is 0 Å². The first kappa shape index (κ1) is 22.1. The zero-order valence-electron chi connectivity index (χ0n) is 17.7. The van der Waals surface area contributed by atoms with Crippen LogP contribution in [0, 0.1) is 30.6 Å². The van der Waals surface area contributed by atoms with Crippen molar-refractivity contribution in [3.05, 3.63) is 29.3 Å². The molecule has 1 aliphatic carbocycles. The van der Waals surface area contributed by atoms with Gasteiger partial charge in [-0.2, -0.15) is 13.2 Å². The largest absolute Gasteiger partial charge is 0.416 e. The molecule has 0 unspecified atom stereocenters. The highest BCUT2D eigenvalue weighted by atomic mass is 19.4. The van der Waals surface area contributed by atoms with Crippen LogP contribution in [0.4, 0.5) is 18.9 Å². The molecule has 3 fully saturated rings. The lowest BCUT2D eigenvalue weighted by atomic mass is 9.83. The number of carbonyl (C=O) groups excluding carboxylic acids is 2. The number of alkyl halides is 3. The van der Waals surface area contributed by atoms with Crippen LogP contribution in [-0.4, -0.2) is 43.0 Å². The zero-order chi connectivity index (χ0) is 22.2. The minimum absolute atomic E-state index is 0.104. The van der Waals surface area contributed by atoms with Gasteiger partial charge in [-0.05, 0) is 74.1 Å². The standard InChI is InChI=1S/C23H29F3N2O3/c1-14-10-18(23(24,25)26)4-5-19(14)27-22(30)21-16-2-3-17(21)13-28(12-16)20(29)11-15-6-8-31-9-7-15/h4-5,10,15-17,21H,2-3,6-9,11-13H2,1H3,(H,27,30)/t16-,17-/m1/s1. The molecule has 1 saturated carbocycles. The van der Waals surface area contributed by atoms with E-state index >= 15 is 0 Å². The molecule has 0 aromatic heterocycles. The van der Waals surface area contributed by atoms with E-state index in [1.54, 1.807) is 6.92 Å². The molecule has 3 aliphatic rings. The smallest absolute Gasteiger partial charge is 0.381 e. The number of aryl methyl sites for hydroxylation is 1. The van der Waals surface area contributed by atoms with Gasteiger partial charge in [-0.1, -0.05) is 0 Å². The van der Waals surface area contributed by atoms with E-state index in [-0.39, 0.29) is 29.6 Å². The van der Waals surface area contributed by atoms with Crippen LogP contribution in [-0.2, 0) is 20.5 Å². The van der Waals surface area contributed by atoms with Gasteiger partial charge in [0.1, 0.15) is 0 Å². The summed E-state index contributed by atoms with van der Waals surface area (Å²) in [5, 5.41) is 2.85. The fraction of sp³-hybridized carbons (Fsp3) is 0.652. The molecule has 5 nitrogen and oxygen atoms in total. The third-order valence-corrected chi connectivity index (χ3v) is 7.11. The van der Waals surface area contributed by atoms with Crippen molar-refractivity contribution in [1.29, 1.82) is 0 Å². The lowest BCUT2D eigenvalue weighted by Crippen LogP contribution is -2.48. The highest BCUT2D eigenvalue weighted by molar-refractivity contribution is 5.94. The molecule has 0 radical (unpaired) electrons. The topological polar surface area (TPSA) is 58.6 Å². The quantitative estimate of drug-likeness (QED) is 0.765. The number of benzene rings is 1. The highest BCUT2D eigenvalue weighted by Crippen LogP contribution is 2.43. The molecule has 31 heavy (non-hydrogen) atoms. The van der Waals surface area contributed by atoms with Gasteiger partial charge in [-0.3, -0.25) is 9.59 Å². The van der Waals surface area contributed by atoms with Gasteiger partial charge in [0, 0.05) is 44.3 Å². The molecular weight excluding hydrogens is 409 g/mol. The Morgan fingerprint density at radius 3 is 2.32 bits per heavy atom. The normalized spacial score (nSPS) is 26.7. The summed E-state index contributed by atoms with van der Waals surface area (Å²) < 4.78 is 44.0. The Kier molecular flexibility index (Phi) is 6.28. The van der Waals surface area contributed by atoms with Gasteiger partial charge in [-0.25, -0.2) is 0 Å². The summed E-state index contributed by atoms with van der Waals surface area (Å²) in [6.45, 7) is 4.17. The average molecular weight is 438 g/mol. The minimum Gasteiger partial charge on any atom is -0.381 e. The van der Waals surface area contributed by atoms with Crippen molar-refractivity contribution in [2.24, 2.45) is 23.7 Å². The second-order valence-electron chi connectivity index (χ2n) is 9.20. The molecule has 2 amide bonds. The number of nitrogens with one attached hydrogen (secondary N) is 1. The fourth-order valence-electron chi connectivity index (χ4n) is 5.38. The van der Waals surface area contributed by atoms with Crippen molar-refractivity contribution in [2.75, 3.05) is 31.6 Å². The number of halogens is 3. The van der Waals surface area contributed by atoms with Crippen LogP contribution in [0.3, 0.4) is 0 Å². The number of rotatable bonds is 4. The van der Waals surface area contributed by atoms with Crippen LogP contribution in [0.5, 0.6) is 0 Å². The van der Waals surface area contributed by atoms with E-state index in [0.717, 1.165) is 51.0 Å². The molecule has 2 atom stereocenters. The summed E-state index contributed by atoms with van der Waals surface area (Å²) in [6.07, 6.45) is -0.222. The number of anilines is 1. The first-order chi connectivity index (χ1) is 14.7. The molecule has 0 spiro atoms. The Morgan fingerprint density at radius 1 is 1.10 bits per heavy atom. The van der Waals surface area contributed by atoms with E-state index in [9.17, 15) is 22.8 Å². The Morgan fingerprint density at radius 2 is 1.74 bits per heavy atom. The Labute approximate surface area is 180 Å². The molecule has 1 aromatic rings. The number of likely N-dealkylation sites (tertiary alicyclic amines) is 1. The van der Waals surface area contributed by atoms with Gasteiger partial charge in [-0.15, -0.1) is 0 Å². The Balaban J connectivity index is 1.37. The van der Waals surface area contributed by atoms with Gasteiger partial charge in [0.05, 0.1) is 5.56 Å². The van der Waals surface area contributed by atoms with E-state index in [1.165, 1.54) is 6.07 Å². The summed E-state index contributed by atoms with van der Waals surface area (Å²) in [5.41, 5.74) is 0.0782. The second kappa shape index (κ2) is 8.81. The minimum atomic E-state index is -4.41. The number of amides is 2. The SMILES string of the molecule is Cc1cc(C(F)(F)F)ccc1NC(=O)C1[C@@H]2CC[C@@H]1CN(C(=O)CC1CCOCC1)C2. The Bertz CT molecular complexity index is 822. The van der Waals surface area contributed by atoms with E-state index in [0.29, 0.717) is 36.7 Å². The highest BCUT2D eigenvalue weighted by Gasteiger charge is 2.47. The van der Waals surface area contributed by atoms with Crippen LogP contribution < -0.4 is 5.32 Å². The summed E-state index contributed by atoms with van der Waals surface area (Å²) in [5.74, 6) is 0.406. The predicted molar refractivity (Wildman–Crippen MR) is 109 cm³/mol. The van der Waals surface area contributed by atoms with Crippen molar-refractivity contribution in [3.63, 3.8) is 0 Å². The molecule has 2 bridgehead atoms. The molecule has 2 saturated heterocycles. The van der Waals surface area contributed by atoms with Gasteiger partial charge in [0.15, 0.2) is 0 Å². The van der Waals surface area contributed by atoms with Crippen LogP contribution in [0.2, 0.25) is 0 Å². The number of nitrogens with zero attached hydrogens (tertiary/aromatic N) is 1. The fourth-order valence-corrected chi connectivity index (χ4v) is 5.38. The van der Waals surface area contributed by atoms with Crippen LogP contribution >= 0.6 is 0 Å². The number of fused-ring (bicyclic) bond motifs is 2. The molecular formula is C23H29F3N2O3. The first-order valence-electron chi connectivity index (χ1n) is 11.1. The van der Waals surface area contributed by atoms with Crippen molar-refractivity contribution in [1.82, 2.24) is 4.90 Å². The maximum absolute atomic E-state index is 13.0. The molecule has 4 rings (SSSR count). The van der Waals surface area contributed by atoms with E-state index < -0.39 is 11.7 Å². The van der Waals surface area contributed by atoms with E-state index in [2.05, 4.69) is 5.32 Å². The van der Waals surface area contributed by atoms with Gasteiger partial charge in [0.2, 0.25) is 11.8 Å². The zero-order valence-corrected chi connectivity index (χ0v) is 17.7. The van der Waals surface area contributed by atoms with E-state index in [1.807, 2.05) is 4.90 Å². The van der Waals surface area contributed by atoms with Gasteiger partial charge in [0.25, 0.3) is 0 Å². The van der Waals surface area contributed by atoms with Gasteiger partial charge >= 0.3 is 6.18 Å². The predicted octanol–water partition coefficient (Wildman–Crippen LogP) is 4.25. The van der Waals surface area contributed by atoms with Crippen molar-refractivity contribution >= 4 is 17.5 Å². The Hall–Kier alpha value is -2.09. The third-order valence-electron chi connectivity index (χ3n) is 7.11. The van der Waals surface area contributed by atoms with Gasteiger partial charge < -0.3 is 15.0 Å². The van der Waals surface area contributed by atoms with Crippen LogP contribution in [0.1, 0.15) is 43.2 Å². The van der Waals surface area contributed by atoms with Crippen molar-refractivity contribution < 1.29 is 27.5 Å². The summed E-state index contributed by atoms with van der Waals surface area (Å²) in [7, 11) is 0. The van der Waals surface area contributed by atoms with Crippen LogP contribution in [0.15, 0.2) is 18.2 Å². The summed E-state index contributed by atoms with van der Waals surface area (Å²) >= 11 is 0. The lowest BCUT2D eigenvalue weighted by molar-refractivity contribution is -0.139. The average Bonchev–Trinajstić information content (AvgIpc) is 2.99. The number of hydrogen-bond acceptors (Lipinski definition) is 3. The second-order valence-corrected chi connectivity index (χ2v) is 9.20. The monoisotopic (exact) mass is 438 g/mol. The molecule has 1 N–H and O–H groups in total. The van der Waals surface area contributed by atoms with Crippen molar-refractivity contribution in [3.8, 4) is 0 Å². The van der Waals surface area contributed by atoms with Crippen molar-refractivity contribution in [2.45, 2.75) is 45.2 Å². The maximum atomic E-state index is 13.0. The molecule has 2 aliphatic heterocycles. The molecule has 8 heteroatoms. The number of ether oxygens (including phenoxy) is 1. The van der Waals surface area contributed by atoms with E-state index in [4.69, 9.17) is 4.74 Å². The lowest BCUT2D eigenvalue weighted by Gasteiger charge is -2.38. The molecule has 2 heterocycles. The summed E-state index contributed by atoms with van der Waals surface area (Å²) in [6, 6.07) is 3.38.